The highest BCUT2D eigenvalue weighted by Crippen LogP contribution is 2.23. The van der Waals surface area contributed by atoms with E-state index < -0.39 is 17.6 Å². The summed E-state index contributed by atoms with van der Waals surface area (Å²) in [5.74, 6) is -0.543. The minimum Gasteiger partial charge on any atom is -0.422 e. The molecule has 0 aliphatic carbocycles. The molecule has 1 aromatic carbocycles. The number of carbonyl (C=O) groups is 1. The molecule has 1 aromatic heterocycles. The molecule has 0 bridgehead atoms. The molecule has 0 aliphatic rings. The number of benzene rings is 1. The Morgan fingerprint density at radius 2 is 2.20 bits per heavy atom. The van der Waals surface area contributed by atoms with Crippen LogP contribution in [0.3, 0.4) is 0 Å². The van der Waals surface area contributed by atoms with Crippen LogP contribution in [0, 0.1) is 6.92 Å². The smallest absolute Gasteiger partial charge is 0.349 e. The number of nitrogens with one attached hydrogen (secondary N) is 1. The van der Waals surface area contributed by atoms with Crippen LogP contribution < -0.4 is 10.9 Å². The maximum atomic E-state index is 12.0. The summed E-state index contributed by atoms with van der Waals surface area (Å²) in [5.41, 5.74) is 0.278. The van der Waals surface area contributed by atoms with Crippen molar-refractivity contribution in [2.75, 3.05) is 6.54 Å². The number of carbonyl (C=O) groups excluding carboxylic acids is 1. The van der Waals surface area contributed by atoms with Gasteiger partial charge in [0.15, 0.2) is 0 Å². The fourth-order valence-electron chi connectivity index (χ4n) is 1.91. The molecule has 6 heteroatoms. The Bertz CT molecular complexity index is 721. The van der Waals surface area contributed by atoms with E-state index >= 15 is 0 Å². The van der Waals surface area contributed by atoms with Gasteiger partial charge in [0.2, 0.25) is 0 Å². The van der Waals surface area contributed by atoms with Crippen LogP contribution in [0.5, 0.6) is 0 Å². The number of aliphatic hydroxyl groups excluding tert-OH is 1. The fraction of sp³-hybridized carbons (Fsp3) is 0.286. The minimum absolute atomic E-state index is 0.0312. The maximum Gasteiger partial charge on any atom is 0.349 e. The molecule has 0 saturated heterocycles. The van der Waals surface area contributed by atoms with Gasteiger partial charge in [-0.25, -0.2) is 4.79 Å². The molecule has 0 radical (unpaired) electrons. The van der Waals surface area contributed by atoms with Gasteiger partial charge in [-0.15, -0.1) is 0 Å². The molecule has 106 valence electrons. The predicted octanol–water partition coefficient (Wildman–Crippen LogP) is 1.97. The summed E-state index contributed by atoms with van der Waals surface area (Å²) in [4.78, 5) is 23.9. The number of hydrogen-bond acceptors (Lipinski definition) is 4. The van der Waals surface area contributed by atoms with Crippen molar-refractivity contribution in [1.82, 2.24) is 5.32 Å². The number of amides is 1. The third-order valence-electron chi connectivity index (χ3n) is 2.91. The van der Waals surface area contributed by atoms with Gasteiger partial charge in [-0.1, -0.05) is 15.9 Å². The van der Waals surface area contributed by atoms with Crippen LogP contribution in [0.1, 0.15) is 22.8 Å². The molecule has 1 heterocycles. The molecule has 20 heavy (non-hydrogen) atoms. The summed E-state index contributed by atoms with van der Waals surface area (Å²) in [6, 6.07) is 5.22. The van der Waals surface area contributed by atoms with Crippen LogP contribution >= 0.6 is 15.9 Å². The zero-order chi connectivity index (χ0) is 14.9. The van der Waals surface area contributed by atoms with Crippen LogP contribution in [0.15, 0.2) is 31.9 Å². The first-order valence-electron chi connectivity index (χ1n) is 6.09. The maximum absolute atomic E-state index is 12.0. The van der Waals surface area contributed by atoms with Gasteiger partial charge in [0, 0.05) is 16.4 Å². The average molecular weight is 340 g/mol. The van der Waals surface area contributed by atoms with Gasteiger partial charge in [0.1, 0.15) is 11.1 Å². The van der Waals surface area contributed by atoms with Gasteiger partial charge >= 0.3 is 5.63 Å². The molecule has 2 aromatic rings. The average Bonchev–Trinajstić information content (AvgIpc) is 2.37. The number of hydrogen-bond donors (Lipinski definition) is 2. The summed E-state index contributed by atoms with van der Waals surface area (Å²) in [6.45, 7) is 3.32. The summed E-state index contributed by atoms with van der Waals surface area (Å²) in [6.07, 6.45) is -0.680. The van der Waals surface area contributed by atoms with Gasteiger partial charge in [-0.2, -0.15) is 0 Å². The van der Waals surface area contributed by atoms with Crippen LogP contribution in [0.2, 0.25) is 0 Å². The predicted molar refractivity (Wildman–Crippen MR) is 78.9 cm³/mol. The third kappa shape index (κ3) is 2.91. The highest BCUT2D eigenvalue weighted by molar-refractivity contribution is 9.10. The second-order valence-electron chi connectivity index (χ2n) is 4.59. The number of aliphatic hydroxyl groups is 1. The summed E-state index contributed by atoms with van der Waals surface area (Å²) in [7, 11) is 0. The Morgan fingerprint density at radius 3 is 2.85 bits per heavy atom. The molecule has 0 spiro atoms. The van der Waals surface area contributed by atoms with Crippen molar-refractivity contribution < 1.29 is 14.3 Å². The highest BCUT2D eigenvalue weighted by Gasteiger charge is 2.18. The van der Waals surface area contributed by atoms with E-state index in [-0.39, 0.29) is 12.1 Å². The van der Waals surface area contributed by atoms with Gasteiger partial charge < -0.3 is 14.8 Å². The summed E-state index contributed by atoms with van der Waals surface area (Å²) < 4.78 is 5.99. The molecular formula is C14H14BrNO4. The van der Waals surface area contributed by atoms with Gasteiger partial charge in [-0.3, -0.25) is 4.79 Å². The molecule has 2 rings (SSSR count). The molecule has 1 unspecified atom stereocenters. The lowest BCUT2D eigenvalue weighted by molar-refractivity contribution is 0.0920. The zero-order valence-electron chi connectivity index (χ0n) is 11.1. The number of halogens is 1. The molecule has 1 atom stereocenters. The molecule has 1 amide bonds. The van der Waals surface area contributed by atoms with E-state index in [1.807, 2.05) is 0 Å². The Kier molecular flexibility index (Phi) is 4.25. The molecule has 5 nitrogen and oxygen atoms in total. The first-order chi connectivity index (χ1) is 9.40. The summed E-state index contributed by atoms with van der Waals surface area (Å²) >= 11 is 3.34. The normalized spacial score (nSPS) is 12.4. The van der Waals surface area contributed by atoms with E-state index in [0.29, 0.717) is 16.5 Å². The molecule has 2 N–H and O–H groups in total. The summed E-state index contributed by atoms with van der Waals surface area (Å²) in [5, 5.41) is 12.4. The lowest BCUT2D eigenvalue weighted by atomic mass is 10.1. The van der Waals surface area contributed by atoms with Gasteiger partial charge in [0.25, 0.3) is 5.91 Å². The second-order valence-corrected chi connectivity index (χ2v) is 5.50. The topological polar surface area (TPSA) is 79.5 Å². The van der Waals surface area contributed by atoms with Crippen LogP contribution in [-0.4, -0.2) is 23.7 Å². The first-order valence-corrected chi connectivity index (χ1v) is 6.88. The molecule has 0 fully saturated rings. The van der Waals surface area contributed by atoms with Crippen molar-refractivity contribution in [3.05, 3.63) is 44.2 Å². The van der Waals surface area contributed by atoms with Crippen molar-refractivity contribution in [3.8, 4) is 0 Å². The van der Waals surface area contributed by atoms with Crippen molar-refractivity contribution in [2.45, 2.75) is 20.0 Å². The largest absolute Gasteiger partial charge is 0.422 e. The van der Waals surface area contributed by atoms with Crippen molar-refractivity contribution >= 4 is 32.8 Å². The highest BCUT2D eigenvalue weighted by atomic mass is 79.9. The zero-order valence-corrected chi connectivity index (χ0v) is 12.7. The number of rotatable bonds is 3. The van der Waals surface area contributed by atoms with Crippen LogP contribution in [0.25, 0.3) is 11.0 Å². The first kappa shape index (κ1) is 14.7. The van der Waals surface area contributed by atoms with Crippen LogP contribution in [-0.2, 0) is 0 Å². The molecule has 0 aliphatic heterocycles. The monoisotopic (exact) mass is 339 g/mol. The van der Waals surface area contributed by atoms with Gasteiger partial charge in [0.05, 0.1) is 6.10 Å². The SMILES string of the molecule is Cc1c(C(=O)NCC(C)O)c(=O)oc2ccc(Br)cc12. The van der Waals surface area contributed by atoms with Gasteiger partial charge in [-0.05, 0) is 37.6 Å². The van der Waals surface area contributed by atoms with E-state index in [9.17, 15) is 14.7 Å². The Hall–Kier alpha value is -1.66. The Balaban J connectivity index is 2.53. The lowest BCUT2D eigenvalue weighted by Gasteiger charge is -2.10. The van der Waals surface area contributed by atoms with E-state index in [4.69, 9.17) is 4.42 Å². The van der Waals surface area contributed by atoms with Crippen molar-refractivity contribution in [2.24, 2.45) is 0 Å². The quantitative estimate of drug-likeness (QED) is 0.838. The number of aryl methyl sites for hydroxylation is 1. The molecular weight excluding hydrogens is 326 g/mol. The van der Waals surface area contributed by atoms with Crippen LogP contribution in [0.4, 0.5) is 0 Å². The number of fused-ring (bicyclic) bond motifs is 1. The second kappa shape index (κ2) is 5.76. The van der Waals surface area contributed by atoms with Crippen molar-refractivity contribution in [1.29, 1.82) is 0 Å². The lowest BCUT2D eigenvalue weighted by Crippen LogP contribution is -2.34. The van der Waals surface area contributed by atoms with Crippen molar-refractivity contribution in [3.63, 3.8) is 0 Å². The fourth-order valence-corrected chi connectivity index (χ4v) is 2.28. The Labute approximate surface area is 123 Å². The van der Waals surface area contributed by atoms with E-state index in [2.05, 4.69) is 21.2 Å². The molecule has 0 saturated carbocycles. The van der Waals surface area contributed by atoms with E-state index in [1.165, 1.54) is 0 Å². The minimum atomic E-state index is -0.680. The third-order valence-corrected chi connectivity index (χ3v) is 3.41. The van der Waals surface area contributed by atoms with E-state index in [0.717, 1.165) is 4.47 Å². The standard InChI is InChI=1S/C14H14BrNO4/c1-7(17)6-16-13(18)12-8(2)10-5-9(15)3-4-11(10)20-14(12)19/h3-5,7,17H,6H2,1-2H3,(H,16,18). The van der Waals surface area contributed by atoms with E-state index in [1.54, 1.807) is 32.0 Å². The Morgan fingerprint density at radius 1 is 1.50 bits per heavy atom.